The molecular formula is C16H25N3O3. The summed E-state index contributed by atoms with van der Waals surface area (Å²) >= 11 is 0. The van der Waals surface area contributed by atoms with Crippen molar-refractivity contribution in [2.24, 2.45) is 0 Å². The molecule has 2 N–H and O–H groups in total. The summed E-state index contributed by atoms with van der Waals surface area (Å²) in [6.45, 7) is 4.06. The number of benzene rings is 1. The second kappa shape index (κ2) is 8.00. The zero-order chi connectivity index (χ0) is 15.9. The molecule has 0 aliphatic carbocycles. The van der Waals surface area contributed by atoms with Crippen LogP contribution in [0.1, 0.15) is 5.56 Å². The Morgan fingerprint density at radius 1 is 1.41 bits per heavy atom. The molecule has 1 heterocycles. The maximum absolute atomic E-state index is 11.0. The van der Waals surface area contributed by atoms with Crippen LogP contribution in [0, 0.1) is 0 Å². The molecule has 0 bridgehead atoms. The average molecular weight is 307 g/mol. The number of carboxylic acids is 1. The van der Waals surface area contributed by atoms with E-state index in [0.717, 1.165) is 37.5 Å². The second-order valence-corrected chi connectivity index (χ2v) is 5.77. The molecule has 0 unspecified atom stereocenters. The average Bonchev–Trinajstić information content (AvgIpc) is 2.46. The van der Waals surface area contributed by atoms with E-state index in [0.29, 0.717) is 13.2 Å². The lowest BCUT2D eigenvalue weighted by Gasteiger charge is -2.30. The molecule has 6 nitrogen and oxygen atoms in total. The van der Waals surface area contributed by atoms with Gasteiger partial charge in [0.1, 0.15) is 18.9 Å². The van der Waals surface area contributed by atoms with E-state index in [-0.39, 0.29) is 6.54 Å². The lowest BCUT2D eigenvalue weighted by molar-refractivity contribution is -0.135. The number of ether oxygens (including phenoxy) is 1. The van der Waals surface area contributed by atoms with Gasteiger partial charge >= 0.3 is 5.97 Å². The summed E-state index contributed by atoms with van der Waals surface area (Å²) < 4.78 is 5.60. The van der Waals surface area contributed by atoms with Gasteiger partial charge in [-0.3, -0.25) is 4.79 Å². The van der Waals surface area contributed by atoms with E-state index in [1.165, 1.54) is 5.56 Å². The van der Waals surface area contributed by atoms with Gasteiger partial charge in [-0.05, 0) is 44.8 Å². The Hall–Kier alpha value is -1.79. The number of hydrogen-bond donors (Lipinski definition) is 2. The number of nitrogens with one attached hydrogen (secondary N) is 1. The van der Waals surface area contributed by atoms with Crippen LogP contribution in [0.5, 0.6) is 5.75 Å². The number of rotatable bonds is 8. The van der Waals surface area contributed by atoms with Crippen LogP contribution < -0.4 is 15.0 Å². The molecule has 6 heteroatoms. The van der Waals surface area contributed by atoms with Crippen LogP contribution in [0.25, 0.3) is 0 Å². The predicted octanol–water partition coefficient (Wildman–Crippen LogP) is 0.664. The number of likely N-dealkylation sites (N-methyl/N-ethyl adjacent to an activating group) is 1. The van der Waals surface area contributed by atoms with Gasteiger partial charge in [-0.15, -0.1) is 0 Å². The van der Waals surface area contributed by atoms with Crippen LogP contribution >= 0.6 is 0 Å². The van der Waals surface area contributed by atoms with Crippen LogP contribution in [0.4, 0.5) is 5.69 Å². The van der Waals surface area contributed by atoms with Crippen molar-refractivity contribution >= 4 is 11.7 Å². The lowest BCUT2D eigenvalue weighted by atomic mass is 10.1. The van der Waals surface area contributed by atoms with Gasteiger partial charge in [-0.2, -0.15) is 0 Å². The van der Waals surface area contributed by atoms with Crippen LogP contribution in [0.2, 0.25) is 0 Å². The van der Waals surface area contributed by atoms with Gasteiger partial charge in [0.05, 0.1) is 12.2 Å². The molecule has 0 fully saturated rings. The number of carboxylic acid groups (broad SMARTS) is 1. The Morgan fingerprint density at radius 3 is 2.95 bits per heavy atom. The zero-order valence-electron chi connectivity index (χ0n) is 13.3. The molecule has 1 aliphatic rings. The van der Waals surface area contributed by atoms with Gasteiger partial charge in [0, 0.05) is 13.1 Å². The third kappa shape index (κ3) is 4.89. The van der Waals surface area contributed by atoms with E-state index < -0.39 is 5.97 Å². The van der Waals surface area contributed by atoms with Crippen LogP contribution in [0.3, 0.4) is 0 Å². The SMILES string of the molecule is CN(C)CCNCCc1ccc2c(c1)N(CC(=O)O)CCO2. The van der Waals surface area contributed by atoms with Crippen molar-refractivity contribution in [2.45, 2.75) is 6.42 Å². The van der Waals surface area contributed by atoms with Gasteiger partial charge < -0.3 is 25.0 Å². The number of hydrogen-bond acceptors (Lipinski definition) is 5. The van der Waals surface area contributed by atoms with Crippen molar-refractivity contribution in [3.05, 3.63) is 23.8 Å². The molecule has 0 radical (unpaired) electrons. The molecule has 0 atom stereocenters. The molecule has 0 spiro atoms. The molecule has 22 heavy (non-hydrogen) atoms. The van der Waals surface area contributed by atoms with Crippen molar-refractivity contribution in [1.82, 2.24) is 10.2 Å². The molecule has 0 amide bonds. The number of fused-ring (bicyclic) bond motifs is 1. The Morgan fingerprint density at radius 2 is 2.23 bits per heavy atom. The van der Waals surface area contributed by atoms with Crippen LogP contribution in [-0.4, -0.2) is 69.4 Å². The summed E-state index contributed by atoms with van der Waals surface area (Å²) in [6.07, 6.45) is 0.918. The smallest absolute Gasteiger partial charge is 0.323 e. The summed E-state index contributed by atoms with van der Waals surface area (Å²) in [4.78, 5) is 15.0. The summed E-state index contributed by atoms with van der Waals surface area (Å²) in [5.74, 6) is -0.0413. The Labute approximate surface area is 131 Å². The predicted molar refractivity (Wildman–Crippen MR) is 86.9 cm³/mol. The Balaban J connectivity index is 1.92. The third-order valence-corrected chi connectivity index (χ3v) is 3.64. The second-order valence-electron chi connectivity index (χ2n) is 5.77. The largest absolute Gasteiger partial charge is 0.490 e. The minimum atomic E-state index is -0.816. The van der Waals surface area contributed by atoms with E-state index >= 15 is 0 Å². The van der Waals surface area contributed by atoms with Crippen molar-refractivity contribution in [1.29, 1.82) is 0 Å². The van der Waals surface area contributed by atoms with E-state index in [1.54, 1.807) is 0 Å². The molecule has 0 saturated carbocycles. The number of carbonyl (C=O) groups is 1. The Kier molecular flexibility index (Phi) is 6.03. The highest BCUT2D eigenvalue weighted by Crippen LogP contribution is 2.32. The molecule has 2 rings (SSSR count). The van der Waals surface area contributed by atoms with Gasteiger partial charge in [0.2, 0.25) is 0 Å². The van der Waals surface area contributed by atoms with Gasteiger partial charge in [0.15, 0.2) is 0 Å². The van der Waals surface area contributed by atoms with Crippen molar-refractivity contribution in [3.8, 4) is 5.75 Å². The van der Waals surface area contributed by atoms with E-state index in [2.05, 4.69) is 30.4 Å². The van der Waals surface area contributed by atoms with Crippen molar-refractivity contribution in [3.63, 3.8) is 0 Å². The topological polar surface area (TPSA) is 65.0 Å². The first kappa shape index (κ1) is 16.6. The first-order chi connectivity index (χ1) is 10.6. The molecule has 122 valence electrons. The highest BCUT2D eigenvalue weighted by atomic mass is 16.5. The fourth-order valence-corrected chi connectivity index (χ4v) is 2.46. The molecular weight excluding hydrogens is 282 g/mol. The highest BCUT2D eigenvalue weighted by molar-refractivity contribution is 5.75. The lowest BCUT2D eigenvalue weighted by Crippen LogP contribution is -2.36. The quantitative estimate of drug-likeness (QED) is 0.688. The molecule has 0 saturated heterocycles. The van der Waals surface area contributed by atoms with E-state index in [1.807, 2.05) is 17.0 Å². The standard InChI is InChI=1S/C16H25N3O3/c1-18(2)8-7-17-6-5-13-3-4-15-14(11-13)19(9-10-22-15)12-16(20)21/h3-4,11,17H,5-10,12H2,1-2H3,(H,20,21). The first-order valence-corrected chi connectivity index (χ1v) is 7.64. The number of aliphatic carboxylic acids is 1. The number of nitrogens with zero attached hydrogens (tertiary/aromatic N) is 2. The van der Waals surface area contributed by atoms with E-state index in [4.69, 9.17) is 9.84 Å². The van der Waals surface area contributed by atoms with Crippen molar-refractivity contribution < 1.29 is 14.6 Å². The fourth-order valence-electron chi connectivity index (χ4n) is 2.46. The maximum atomic E-state index is 11.0. The summed E-state index contributed by atoms with van der Waals surface area (Å²) in [6, 6.07) is 6.04. The molecule has 1 aromatic carbocycles. The highest BCUT2D eigenvalue weighted by Gasteiger charge is 2.20. The van der Waals surface area contributed by atoms with Gasteiger partial charge in [-0.25, -0.2) is 0 Å². The maximum Gasteiger partial charge on any atom is 0.323 e. The summed E-state index contributed by atoms with van der Waals surface area (Å²) in [5, 5.41) is 12.4. The normalized spacial score (nSPS) is 13.9. The van der Waals surface area contributed by atoms with Gasteiger partial charge in [-0.1, -0.05) is 6.07 Å². The number of anilines is 1. The van der Waals surface area contributed by atoms with Crippen LogP contribution in [-0.2, 0) is 11.2 Å². The first-order valence-electron chi connectivity index (χ1n) is 7.64. The molecule has 1 aromatic rings. The Bertz CT molecular complexity index is 505. The van der Waals surface area contributed by atoms with Crippen LogP contribution in [0.15, 0.2) is 18.2 Å². The zero-order valence-corrected chi connectivity index (χ0v) is 13.3. The summed E-state index contributed by atoms with van der Waals surface area (Å²) in [7, 11) is 4.12. The van der Waals surface area contributed by atoms with Gasteiger partial charge in [0.25, 0.3) is 0 Å². The molecule has 0 aromatic heterocycles. The molecule has 1 aliphatic heterocycles. The fraction of sp³-hybridized carbons (Fsp3) is 0.562. The summed E-state index contributed by atoms with van der Waals surface area (Å²) in [5.41, 5.74) is 2.08. The minimum Gasteiger partial charge on any atom is -0.490 e. The minimum absolute atomic E-state index is 0.0148. The van der Waals surface area contributed by atoms with Crippen molar-refractivity contribution in [2.75, 3.05) is 58.3 Å². The third-order valence-electron chi connectivity index (χ3n) is 3.64. The van der Waals surface area contributed by atoms with E-state index in [9.17, 15) is 4.79 Å². The monoisotopic (exact) mass is 307 g/mol.